The summed E-state index contributed by atoms with van der Waals surface area (Å²) in [7, 11) is 0. The van der Waals surface area contributed by atoms with Gasteiger partial charge in [-0.15, -0.1) is 5.10 Å². The number of rotatable bonds is 7. The molecule has 0 spiro atoms. The van der Waals surface area contributed by atoms with Gasteiger partial charge in [0.25, 0.3) is 5.91 Å². The molecular weight excluding hydrogens is 415 g/mol. The summed E-state index contributed by atoms with van der Waals surface area (Å²) in [6, 6.07) is 12.1. The number of nitrogens with zero attached hydrogens (tertiary/aromatic N) is 3. The van der Waals surface area contributed by atoms with Gasteiger partial charge in [0.2, 0.25) is 5.91 Å². The molecule has 1 heterocycles. The lowest BCUT2D eigenvalue weighted by molar-refractivity contribution is -0.124. The first kappa shape index (κ1) is 22.6. The summed E-state index contributed by atoms with van der Waals surface area (Å²) in [5, 5.41) is 8.35. The topological polar surface area (TPSA) is 75.2 Å². The number of hydrogen-bond acceptors (Lipinski definition) is 5. The fraction of sp³-hybridized carbons (Fsp3) is 0.304. The predicted molar refractivity (Wildman–Crippen MR) is 120 cm³/mol. The summed E-state index contributed by atoms with van der Waals surface area (Å²) in [6.45, 7) is 7.66. The van der Waals surface area contributed by atoms with Crippen LogP contribution in [0.5, 0.6) is 0 Å². The standard InChI is InChI=1S/C23H25FN4O2S/c1-5-23(3,4)25-21(29)20(16-10-8-9-15(2)13-16)28(19-12-7-6-11-17(19)24)22(30)18-14-31-27-26-18/h6-14,20H,5H2,1-4H3,(H,25,29). The second-order valence-corrected chi connectivity index (χ2v) is 8.57. The number of benzene rings is 2. The van der Waals surface area contributed by atoms with Crippen LogP contribution < -0.4 is 10.2 Å². The molecule has 1 unspecified atom stereocenters. The highest BCUT2D eigenvalue weighted by molar-refractivity contribution is 7.03. The van der Waals surface area contributed by atoms with E-state index in [0.717, 1.165) is 17.1 Å². The van der Waals surface area contributed by atoms with Gasteiger partial charge in [0, 0.05) is 10.9 Å². The predicted octanol–water partition coefficient (Wildman–Crippen LogP) is 4.68. The minimum absolute atomic E-state index is 0.00328. The Morgan fingerprint density at radius 1 is 1.19 bits per heavy atom. The minimum Gasteiger partial charge on any atom is -0.349 e. The molecule has 0 fully saturated rings. The van der Waals surface area contributed by atoms with Crippen LogP contribution in [-0.2, 0) is 4.79 Å². The van der Waals surface area contributed by atoms with Gasteiger partial charge in [-0.3, -0.25) is 14.5 Å². The highest BCUT2D eigenvalue weighted by Gasteiger charge is 2.37. The van der Waals surface area contributed by atoms with Crippen molar-refractivity contribution in [2.75, 3.05) is 4.90 Å². The van der Waals surface area contributed by atoms with Gasteiger partial charge < -0.3 is 5.32 Å². The molecule has 0 saturated carbocycles. The van der Waals surface area contributed by atoms with E-state index in [1.165, 1.54) is 28.5 Å². The lowest BCUT2D eigenvalue weighted by Crippen LogP contribution is -2.50. The fourth-order valence-corrected chi connectivity index (χ4v) is 3.57. The number of aryl methyl sites for hydroxylation is 1. The van der Waals surface area contributed by atoms with Crippen LogP contribution in [0.3, 0.4) is 0 Å². The van der Waals surface area contributed by atoms with Gasteiger partial charge >= 0.3 is 0 Å². The van der Waals surface area contributed by atoms with Crippen LogP contribution in [0.4, 0.5) is 10.1 Å². The molecule has 1 N–H and O–H groups in total. The van der Waals surface area contributed by atoms with E-state index < -0.39 is 29.2 Å². The minimum atomic E-state index is -1.10. The molecule has 0 aliphatic heterocycles. The molecule has 0 aliphatic carbocycles. The van der Waals surface area contributed by atoms with Crippen LogP contribution in [0.2, 0.25) is 0 Å². The van der Waals surface area contributed by atoms with Crippen LogP contribution in [0, 0.1) is 12.7 Å². The van der Waals surface area contributed by atoms with Crippen LogP contribution >= 0.6 is 11.5 Å². The van der Waals surface area contributed by atoms with Crippen molar-refractivity contribution in [2.24, 2.45) is 0 Å². The Bertz CT molecular complexity index is 1070. The zero-order valence-electron chi connectivity index (χ0n) is 17.9. The van der Waals surface area contributed by atoms with Gasteiger partial charge in [-0.05, 0) is 56.4 Å². The maximum absolute atomic E-state index is 14.9. The second kappa shape index (κ2) is 9.34. The van der Waals surface area contributed by atoms with E-state index >= 15 is 0 Å². The van der Waals surface area contributed by atoms with Crippen LogP contribution in [-0.4, -0.2) is 26.9 Å². The molecule has 0 bridgehead atoms. The Hall–Kier alpha value is -3.13. The van der Waals surface area contributed by atoms with E-state index in [4.69, 9.17) is 0 Å². The summed E-state index contributed by atoms with van der Waals surface area (Å²) >= 11 is 1.01. The third-order valence-electron chi connectivity index (χ3n) is 5.12. The van der Waals surface area contributed by atoms with Crippen molar-refractivity contribution in [3.63, 3.8) is 0 Å². The van der Waals surface area contributed by atoms with Crippen LogP contribution in [0.15, 0.2) is 53.9 Å². The average molecular weight is 441 g/mol. The lowest BCUT2D eigenvalue weighted by atomic mass is 9.97. The number of halogens is 1. The van der Waals surface area contributed by atoms with E-state index in [1.807, 2.05) is 45.9 Å². The second-order valence-electron chi connectivity index (χ2n) is 7.96. The lowest BCUT2D eigenvalue weighted by Gasteiger charge is -2.34. The maximum Gasteiger partial charge on any atom is 0.280 e. The summed E-state index contributed by atoms with van der Waals surface area (Å²) < 4.78 is 18.7. The van der Waals surface area contributed by atoms with Crippen molar-refractivity contribution in [3.05, 3.63) is 76.5 Å². The van der Waals surface area contributed by atoms with E-state index in [0.29, 0.717) is 12.0 Å². The third-order valence-corrected chi connectivity index (χ3v) is 5.62. The largest absolute Gasteiger partial charge is 0.349 e. The fourth-order valence-electron chi connectivity index (χ4n) is 3.14. The van der Waals surface area contributed by atoms with Crippen LogP contribution in [0.1, 0.15) is 54.8 Å². The molecule has 8 heteroatoms. The van der Waals surface area contributed by atoms with Crippen molar-refractivity contribution in [3.8, 4) is 0 Å². The van der Waals surface area contributed by atoms with Gasteiger partial charge in [-0.25, -0.2) is 4.39 Å². The summed E-state index contributed by atoms with van der Waals surface area (Å²) in [5.74, 6) is -1.62. The van der Waals surface area contributed by atoms with Crippen LogP contribution in [0.25, 0.3) is 0 Å². The molecule has 0 saturated heterocycles. The zero-order chi connectivity index (χ0) is 22.6. The smallest absolute Gasteiger partial charge is 0.280 e. The number of carbonyl (C=O) groups is 2. The number of carbonyl (C=O) groups excluding carboxylic acids is 2. The van der Waals surface area contributed by atoms with Crippen molar-refractivity contribution >= 4 is 29.0 Å². The Balaban J connectivity index is 2.20. The highest BCUT2D eigenvalue weighted by atomic mass is 32.1. The Kier molecular flexibility index (Phi) is 6.80. The average Bonchev–Trinajstić information content (AvgIpc) is 3.26. The molecule has 162 valence electrons. The zero-order valence-corrected chi connectivity index (χ0v) is 18.7. The quantitative estimate of drug-likeness (QED) is 0.579. The molecule has 0 radical (unpaired) electrons. The van der Waals surface area contributed by atoms with Gasteiger partial charge in [0.05, 0.1) is 5.69 Å². The normalized spacial score (nSPS) is 12.3. The molecule has 2 amide bonds. The molecule has 1 atom stereocenters. The number of aromatic nitrogens is 2. The first-order valence-corrected chi connectivity index (χ1v) is 10.8. The van der Waals surface area contributed by atoms with E-state index in [9.17, 15) is 14.0 Å². The SMILES string of the molecule is CCC(C)(C)NC(=O)C(c1cccc(C)c1)N(C(=O)c1csnn1)c1ccccc1F. The van der Waals surface area contributed by atoms with Gasteiger partial charge in [0.15, 0.2) is 5.69 Å². The van der Waals surface area contributed by atoms with Crippen molar-refractivity contribution in [1.82, 2.24) is 14.9 Å². The van der Waals surface area contributed by atoms with Crippen molar-refractivity contribution in [2.45, 2.75) is 45.7 Å². The molecule has 2 aromatic carbocycles. The van der Waals surface area contributed by atoms with E-state index in [2.05, 4.69) is 14.9 Å². The summed E-state index contributed by atoms with van der Waals surface area (Å²) in [5.41, 5.74) is 1.03. The Morgan fingerprint density at radius 3 is 2.55 bits per heavy atom. The number of nitrogens with one attached hydrogen (secondary N) is 1. The molecular formula is C23H25FN4O2S. The molecule has 1 aromatic heterocycles. The summed E-state index contributed by atoms with van der Waals surface area (Å²) in [6.07, 6.45) is 0.683. The van der Waals surface area contributed by atoms with Gasteiger partial charge in [-0.1, -0.05) is 53.4 Å². The highest BCUT2D eigenvalue weighted by Crippen LogP contribution is 2.32. The molecule has 6 nitrogen and oxygen atoms in total. The third kappa shape index (κ3) is 5.14. The van der Waals surface area contributed by atoms with Crippen molar-refractivity contribution < 1.29 is 14.0 Å². The summed E-state index contributed by atoms with van der Waals surface area (Å²) in [4.78, 5) is 28.2. The van der Waals surface area contributed by atoms with Crippen molar-refractivity contribution in [1.29, 1.82) is 0 Å². The molecule has 31 heavy (non-hydrogen) atoms. The molecule has 3 aromatic rings. The van der Waals surface area contributed by atoms with Gasteiger partial charge in [0.1, 0.15) is 11.9 Å². The molecule has 3 rings (SSSR count). The number of para-hydroxylation sites is 1. The first-order valence-electron chi connectivity index (χ1n) is 9.97. The Labute approximate surface area is 185 Å². The van der Waals surface area contributed by atoms with E-state index in [-0.39, 0.29) is 11.4 Å². The van der Waals surface area contributed by atoms with Gasteiger partial charge in [-0.2, -0.15) is 0 Å². The number of hydrogen-bond donors (Lipinski definition) is 1. The number of amides is 2. The maximum atomic E-state index is 14.9. The Morgan fingerprint density at radius 2 is 1.94 bits per heavy atom. The molecule has 0 aliphatic rings. The monoisotopic (exact) mass is 440 g/mol. The van der Waals surface area contributed by atoms with E-state index in [1.54, 1.807) is 12.1 Å². The first-order chi connectivity index (χ1) is 14.7. The number of anilines is 1.